The quantitative estimate of drug-likeness (QED) is 0.575. The van der Waals surface area contributed by atoms with Crippen LogP contribution in [0.25, 0.3) is 0 Å². The number of carboxylic acid groups (broad SMARTS) is 1. The van der Waals surface area contributed by atoms with E-state index in [0.717, 1.165) is 19.1 Å². The van der Waals surface area contributed by atoms with Crippen molar-refractivity contribution in [2.75, 3.05) is 13.2 Å². The van der Waals surface area contributed by atoms with Gasteiger partial charge in [-0.2, -0.15) is 5.06 Å². The van der Waals surface area contributed by atoms with Crippen LogP contribution in [-0.4, -0.2) is 47.7 Å². The maximum Gasteiger partial charge on any atom is 0.305 e. The summed E-state index contributed by atoms with van der Waals surface area (Å²) in [6.45, 7) is 0.833. The molecule has 0 bridgehead atoms. The highest BCUT2D eigenvalue weighted by molar-refractivity contribution is 5.67. The first-order valence-electron chi connectivity index (χ1n) is 4.95. The van der Waals surface area contributed by atoms with Crippen molar-refractivity contribution in [1.29, 1.82) is 0 Å². The molecule has 86 valence electrons. The molecule has 1 aliphatic heterocycles. The van der Waals surface area contributed by atoms with E-state index in [2.05, 4.69) is 0 Å². The number of nitrogens with two attached hydrogens (primary N) is 1. The van der Waals surface area contributed by atoms with Gasteiger partial charge in [0.2, 0.25) is 0 Å². The van der Waals surface area contributed by atoms with E-state index >= 15 is 0 Å². The van der Waals surface area contributed by atoms with E-state index in [9.17, 15) is 9.59 Å². The second-order valence-corrected chi connectivity index (χ2v) is 3.64. The lowest BCUT2D eigenvalue weighted by Gasteiger charge is -2.21. The van der Waals surface area contributed by atoms with Gasteiger partial charge in [0.1, 0.15) is 6.29 Å². The molecule has 0 aromatic rings. The third-order valence-electron chi connectivity index (χ3n) is 2.30. The molecular formula is C9H16N2O4. The summed E-state index contributed by atoms with van der Waals surface area (Å²) in [4.78, 5) is 26.2. The van der Waals surface area contributed by atoms with Crippen LogP contribution in [0.5, 0.6) is 0 Å². The third kappa shape index (κ3) is 3.94. The zero-order valence-corrected chi connectivity index (χ0v) is 8.46. The molecule has 1 fully saturated rings. The number of hydroxylamine groups is 2. The Morgan fingerprint density at radius 2 is 2.47 bits per heavy atom. The van der Waals surface area contributed by atoms with E-state index < -0.39 is 12.0 Å². The van der Waals surface area contributed by atoms with Gasteiger partial charge in [0.05, 0.1) is 19.1 Å². The molecule has 0 aromatic heterocycles. The molecule has 0 spiro atoms. The van der Waals surface area contributed by atoms with Gasteiger partial charge in [-0.05, 0) is 12.8 Å². The highest BCUT2D eigenvalue weighted by atomic mass is 16.7. The van der Waals surface area contributed by atoms with E-state index in [4.69, 9.17) is 15.7 Å². The predicted octanol–water partition coefficient (Wildman–Crippen LogP) is -0.617. The second-order valence-electron chi connectivity index (χ2n) is 3.64. The van der Waals surface area contributed by atoms with E-state index in [1.807, 2.05) is 0 Å². The number of carbonyl (C=O) groups excluding carboxylic acids is 1. The number of aliphatic carboxylic acids is 1. The number of nitrogens with zero attached hydrogens (tertiary/aromatic N) is 1. The van der Waals surface area contributed by atoms with Crippen LogP contribution in [0.4, 0.5) is 0 Å². The van der Waals surface area contributed by atoms with Crippen LogP contribution in [0.2, 0.25) is 0 Å². The SMILES string of the molecule is N[C@H](CON1CCC[C@H]1C=O)CC(=O)O. The minimum atomic E-state index is -0.945. The van der Waals surface area contributed by atoms with Crippen LogP contribution in [0, 0.1) is 0 Å². The molecule has 0 unspecified atom stereocenters. The Labute approximate surface area is 87.9 Å². The molecule has 0 aromatic carbocycles. The van der Waals surface area contributed by atoms with Gasteiger partial charge in [0.15, 0.2) is 0 Å². The maximum atomic E-state index is 10.6. The number of rotatable bonds is 6. The van der Waals surface area contributed by atoms with Crippen LogP contribution in [-0.2, 0) is 14.4 Å². The smallest absolute Gasteiger partial charge is 0.305 e. The number of hydrogen-bond donors (Lipinski definition) is 2. The monoisotopic (exact) mass is 216 g/mol. The molecule has 0 saturated carbocycles. The standard InChI is InChI=1S/C9H16N2O4/c10-7(4-9(13)14)6-15-11-3-1-2-8(11)5-12/h5,7-8H,1-4,6,10H2,(H,13,14)/t7-,8-/m0/s1. The minimum Gasteiger partial charge on any atom is -0.481 e. The molecule has 1 heterocycles. The molecule has 15 heavy (non-hydrogen) atoms. The van der Waals surface area contributed by atoms with Crippen LogP contribution in [0.1, 0.15) is 19.3 Å². The van der Waals surface area contributed by atoms with Crippen LogP contribution in [0.15, 0.2) is 0 Å². The Bertz CT molecular complexity index is 234. The third-order valence-corrected chi connectivity index (χ3v) is 2.30. The first-order valence-corrected chi connectivity index (χ1v) is 4.95. The molecule has 0 amide bonds. The van der Waals surface area contributed by atoms with E-state index in [0.29, 0.717) is 6.54 Å². The Morgan fingerprint density at radius 3 is 3.07 bits per heavy atom. The lowest BCUT2D eigenvalue weighted by atomic mass is 10.2. The summed E-state index contributed by atoms with van der Waals surface area (Å²) in [5, 5.41) is 10.0. The molecule has 6 heteroatoms. The topological polar surface area (TPSA) is 92.9 Å². The second kappa shape index (κ2) is 5.79. The van der Waals surface area contributed by atoms with Crippen molar-refractivity contribution in [3.05, 3.63) is 0 Å². The summed E-state index contributed by atoms with van der Waals surface area (Å²) in [6, 6.07) is -0.738. The molecular weight excluding hydrogens is 200 g/mol. The van der Waals surface area contributed by atoms with Crippen molar-refractivity contribution < 1.29 is 19.5 Å². The molecule has 1 aliphatic rings. The fraction of sp³-hybridized carbons (Fsp3) is 0.778. The van der Waals surface area contributed by atoms with Gasteiger partial charge >= 0.3 is 5.97 Å². The van der Waals surface area contributed by atoms with Gasteiger partial charge in [0.25, 0.3) is 0 Å². The van der Waals surface area contributed by atoms with Crippen LogP contribution < -0.4 is 5.73 Å². The number of aldehydes is 1. The van der Waals surface area contributed by atoms with Crippen LogP contribution >= 0.6 is 0 Å². The summed E-state index contributed by atoms with van der Waals surface area (Å²) in [6.07, 6.45) is 2.42. The van der Waals surface area contributed by atoms with Crippen molar-refractivity contribution in [3.63, 3.8) is 0 Å². The Kier molecular flexibility index (Phi) is 4.67. The average molecular weight is 216 g/mol. The van der Waals surface area contributed by atoms with E-state index in [1.165, 1.54) is 0 Å². The summed E-state index contributed by atoms with van der Waals surface area (Å²) in [5.74, 6) is -0.945. The van der Waals surface area contributed by atoms with Crippen molar-refractivity contribution in [2.45, 2.75) is 31.3 Å². The molecule has 1 saturated heterocycles. The highest BCUT2D eigenvalue weighted by Gasteiger charge is 2.25. The highest BCUT2D eigenvalue weighted by Crippen LogP contribution is 2.15. The normalized spacial score (nSPS) is 23.9. The largest absolute Gasteiger partial charge is 0.481 e. The fourth-order valence-electron chi connectivity index (χ4n) is 1.54. The Balaban J connectivity index is 2.23. The van der Waals surface area contributed by atoms with Gasteiger partial charge < -0.3 is 15.6 Å². The predicted molar refractivity (Wildman–Crippen MR) is 52.0 cm³/mol. The number of hydrogen-bond acceptors (Lipinski definition) is 5. The van der Waals surface area contributed by atoms with Crippen LogP contribution in [0.3, 0.4) is 0 Å². The Hall–Kier alpha value is -0.980. The summed E-state index contributed by atoms with van der Waals surface area (Å²) in [5.41, 5.74) is 5.52. The van der Waals surface area contributed by atoms with Gasteiger partial charge in [-0.1, -0.05) is 0 Å². The summed E-state index contributed by atoms with van der Waals surface area (Å²) in [7, 11) is 0. The lowest BCUT2D eigenvalue weighted by molar-refractivity contribution is -0.174. The van der Waals surface area contributed by atoms with Crippen molar-refractivity contribution in [3.8, 4) is 0 Å². The van der Waals surface area contributed by atoms with E-state index in [-0.39, 0.29) is 19.1 Å². The first-order chi connectivity index (χ1) is 7.13. The lowest BCUT2D eigenvalue weighted by Crippen LogP contribution is -2.37. The first kappa shape index (κ1) is 12.1. The molecule has 0 radical (unpaired) electrons. The van der Waals surface area contributed by atoms with Gasteiger partial charge in [0, 0.05) is 12.6 Å². The van der Waals surface area contributed by atoms with Crippen molar-refractivity contribution in [2.24, 2.45) is 5.73 Å². The zero-order valence-electron chi connectivity index (χ0n) is 8.46. The fourth-order valence-corrected chi connectivity index (χ4v) is 1.54. The van der Waals surface area contributed by atoms with Crippen molar-refractivity contribution >= 4 is 12.3 Å². The molecule has 6 nitrogen and oxygen atoms in total. The van der Waals surface area contributed by atoms with E-state index in [1.54, 1.807) is 5.06 Å². The number of carbonyl (C=O) groups is 2. The molecule has 0 aliphatic carbocycles. The minimum absolute atomic E-state index is 0.125. The van der Waals surface area contributed by atoms with Gasteiger partial charge in [-0.3, -0.25) is 9.63 Å². The zero-order chi connectivity index (χ0) is 11.3. The van der Waals surface area contributed by atoms with Gasteiger partial charge in [-0.25, -0.2) is 0 Å². The summed E-state index contributed by atoms with van der Waals surface area (Å²) < 4.78 is 0. The molecule has 1 rings (SSSR count). The Morgan fingerprint density at radius 1 is 1.73 bits per heavy atom. The average Bonchev–Trinajstić information content (AvgIpc) is 2.60. The maximum absolute atomic E-state index is 10.6. The van der Waals surface area contributed by atoms with Crippen molar-refractivity contribution in [1.82, 2.24) is 5.06 Å². The summed E-state index contributed by atoms with van der Waals surface area (Å²) >= 11 is 0. The molecule has 3 N–H and O–H groups in total. The van der Waals surface area contributed by atoms with Gasteiger partial charge in [-0.15, -0.1) is 0 Å². The molecule has 2 atom stereocenters. The number of carboxylic acids is 1.